The lowest BCUT2D eigenvalue weighted by Crippen LogP contribution is -2.59. The van der Waals surface area contributed by atoms with Gasteiger partial charge in [-0.25, -0.2) is 0 Å². The van der Waals surface area contributed by atoms with Gasteiger partial charge in [0, 0.05) is 6.42 Å². The van der Waals surface area contributed by atoms with E-state index in [0.29, 0.717) is 12.8 Å². The number of nitrogens with one attached hydrogen (secondary N) is 1. The quantitative estimate of drug-likeness (QED) is 0.572. The van der Waals surface area contributed by atoms with Crippen LogP contribution in [0.1, 0.15) is 52.4 Å². The van der Waals surface area contributed by atoms with Crippen molar-refractivity contribution in [2.45, 2.75) is 58.4 Å². The molecule has 1 atom stereocenters. The molecular formula is C13H22N2O3. The molecule has 1 N–H and O–H groups in total. The molecule has 18 heavy (non-hydrogen) atoms. The van der Waals surface area contributed by atoms with Gasteiger partial charge in [0.15, 0.2) is 0 Å². The lowest BCUT2D eigenvalue weighted by molar-refractivity contribution is -0.150. The number of nitrogens with zero attached hydrogens (tertiary/aromatic N) is 1. The van der Waals surface area contributed by atoms with Gasteiger partial charge in [-0.2, -0.15) is 0 Å². The van der Waals surface area contributed by atoms with Crippen LogP contribution in [0.25, 0.3) is 0 Å². The minimum absolute atomic E-state index is 0.0108. The molecule has 0 aliphatic carbocycles. The summed E-state index contributed by atoms with van der Waals surface area (Å²) in [7, 11) is 0. The van der Waals surface area contributed by atoms with E-state index in [1.54, 1.807) is 0 Å². The van der Waals surface area contributed by atoms with Crippen LogP contribution in [0.15, 0.2) is 0 Å². The Balaban J connectivity index is 2.52. The molecular weight excluding hydrogens is 232 g/mol. The largest absolute Gasteiger partial charge is 0.321 e. The Labute approximate surface area is 108 Å². The van der Waals surface area contributed by atoms with Crippen LogP contribution >= 0.6 is 0 Å². The van der Waals surface area contributed by atoms with Crippen LogP contribution in [-0.2, 0) is 14.4 Å². The van der Waals surface area contributed by atoms with Crippen molar-refractivity contribution in [2.75, 3.05) is 6.54 Å². The average molecular weight is 254 g/mol. The minimum Gasteiger partial charge on any atom is -0.321 e. The maximum absolute atomic E-state index is 12.0. The second kappa shape index (κ2) is 7.13. The molecule has 1 saturated heterocycles. The summed E-state index contributed by atoms with van der Waals surface area (Å²) >= 11 is 0. The van der Waals surface area contributed by atoms with E-state index in [9.17, 15) is 14.4 Å². The number of piperazine rings is 1. The zero-order valence-electron chi connectivity index (χ0n) is 11.2. The molecule has 1 rings (SSSR count). The first-order valence-corrected chi connectivity index (χ1v) is 6.73. The third-order valence-corrected chi connectivity index (χ3v) is 3.21. The zero-order valence-corrected chi connectivity index (χ0v) is 11.2. The van der Waals surface area contributed by atoms with Crippen molar-refractivity contribution in [2.24, 2.45) is 0 Å². The van der Waals surface area contributed by atoms with E-state index in [2.05, 4.69) is 12.2 Å². The van der Waals surface area contributed by atoms with Crippen LogP contribution in [-0.4, -0.2) is 35.2 Å². The monoisotopic (exact) mass is 254 g/mol. The van der Waals surface area contributed by atoms with Crippen molar-refractivity contribution in [3.63, 3.8) is 0 Å². The van der Waals surface area contributed by atoms with Crippen molar-refractivity contribution >= 4 is 17.7 Å². The van der Waals surface area contributed by atoms with E-state index < -0.39 is 6.04 Å². The average Bonchev–Trinajstić information content (AvgIpc) is 2.33. The minimum atomic E-state index is -0.485. The predicted molar refractivity (Wildman–Crippen MR) is 67.7 cm³/mol. The van der Waals surface area contributed by atoms with Gasteiger partial charge in [0.1, 0.15) is 12.6 Å². The first-order valence-electron chi connectivity index (χ1n) is 6.73. The second-order valence-electron chi connectivity index (χ2n) is 4.67. The van der Waals surface area contributed by atoms with E-state index in [1.165, 1.54) is 4.90 Å². The van der Waals surface area contributed by atoms with Crippen LogP contribution in [0.4, 0.5) is 0 Å². The summed E-state index contributed by atoms with van der Waals surface area (Å²) < 4.78 is 0. The van der Waals surface area contributed by atoms with Gasteiger partial charge in [0.2, 0.25) is 17.7 Å². The number of carbonyl (C=O) groups is 3. The molecule has 5 nitrogen and oxygen atoms in total. The van der Waals surface area contributed by atoms with Crippen LogP contribution < -0.4 is 5.32 Å². The predicted octanol–water partition coefficient (Wildman–Crippen LogP) is 1.22. The van der Waals surface area contributed by atoms with E-state index in [0.717, 1.165) is 25.7 Å². The molecule has 0 saturated carbocycles. The smallest absolute Gasteiger partial charge is 0.249 e. The number of rotatable bonds is 6. The first-order chi connectivity index (χ1) is 8.60. The molecule has 1 fully saturated rings. The van der Waals surface area contributed by atoms with Gasteiger partial charge in [-0.3, -0.25) is 19.7 Å². The van der Waals surface area contributed by atoms with E-state index in [1.807, 2.05) is 6.92 Å². The van der Waals surface area contributed by atoms with Gasteiger partial charge in [0.05, 0.1) is 0 Å². The first kappa shape index (κ1) is 14.7. The number of amides is 3. The fourth-order valence-corrected chi connectivity index (χ4v) is 2.18. The molecule has 5 heteroatoms. The Morgan fingerprint density at radius 1 is 1.28 bits per heavy atom. The normalized spacial score (nSPS) is 19.9. The maximum atomic E-state index is 12.0. The highest BCUT2D eigenvalue weighted by Crippen LogP contribution is 2.13. The van der Waals surface area contributed by atoms with Crippen molar-refractivity contribution < 1.29 is 14.4 Å². The number of unbranched alkanes of at least 4 members (excludes halogenated alkanes) is 3. The molecule has 0 bridgehead atoms. The van der Waals surface area contributed by atoms with E-state index in [4.69, 9.17) is 0 Å². The third kappa shape index (κ3) is 3.82. The highest BCUT2D eigenvalue weighted by atomic mass is 16.2. The lowest BCUT2D eigenvalue weighted by Gasteiger charge is -2.33. The molecule has 0 aromatic heterocycles. The highest BCUT2D eigenvalue weighted by Gasteiger charge is 2.34. The summed E-state index contributed by atoms with van der Waals surface area (Å²) in [5, 5.41) is 2.27. The summed E-state index contributed by atoms with van der Waals surface area (Å²) in [6.45, 7) is 3.97. The number of imide groups is 1. The Morgan fingerprint density at radius 3 is 2.61 bits per heavy atom. The number of hydrogen-bond donors (Lipinski definition) is 1. The number of carbonyl (C=O) groups excluding carboxylic acids is 3. The Kier molecular flexibility index (Phi) is 5.82. The third-order valence-electron chi connectivity index (χ3n) is 3.21. The maximum Gasteiger partial charge on any atom is 0.249 e. The Morgan fingerprint density at radius 2 is 2.00 bits per heavy atom. The summed E-state index contributed by atoms with van der Waals surface area (Å²) in [6.07, 6.45) is 5.06. The molecule has 1 heterocycles. The number of hydrogen-bond acceptors (Lipinski definition) is 3. The summed E-state index contributed by atoms with van der Waals surface area (Å²) in [4.78, 5) is 36.3. The lowest BCUT2D eigenvalue weighted by atomic mass is 10.1. The van der Waals surface area contributed by atoms with Crippen molar-refractivity contribution in [3.05, 3.63) is 0 Å². The van der Waals surface area contributed by atoms with Gasteiger partial charge in [0.25, 0.3) is 0 Å². The molecule has 0 aromatic carbocycles. The second-order valence-corrected chi connectivity index (χ2v) is 4.67. The molecule has 1 unspecified atom stereocenters. The van der Waals surface area contributed by atoms with Gasteiger partial charge in [-0.1, -0.05) is 33.1 Å². The van der Waals surface area contributed by atoms with Crippen molar-refractivity contribution in [1.82, 2.24) is 10.2 Å². The molecule has 1 aliphatic rings. The van der Waals surface area contributed by atoms with E-state index >= 15 is 0 Å². The van der Waals surface area contributed by atoms with Crippen LogP contribution in [0.2, 0.25) is 0 Å². The fraction of sp³-hybridized carbons (Fsp3) is 0.769. The standard InChI is InChI=1S/C13H22N2O3/c1-3-5-6-7-8-12(17)15-9-11(16)14-13(18)10(15)4-2/h10H,3-9H2,1-2H3,(H,14,16,18). The summed E-state index contributed by atoms with van der Waals surface area (Å²) in [5.41, 5.74) is 0. The van der Waals surface area contributed by atoms with Crippen molar-refractivity contribution in [1.29, 1.82) is 0 Å². The topological polar surface area (TPSA) is 66.5 Å². The van der Waals surface area contributed by atoms with E-state index in [-0.39, 0.29) is 24.3 Å². The fourth-order valence-electron chi connectivity index (χ4n) is 2.18. The zero-order chi connectivity index (χ0) is 13.5. The molecule has 0 spiro atoms. The Hall–Kier alpha value is -1.39. The molecule has 0 aromatic rings. The van der Waals surface area contributed by atoms with Crippen LogP contribution in [0.5, 0.6) is 0 Å². The molecule has 3 amide bonds. The van der Waals surface area contributed by atoms with Gasteiger partial charge < -0.3 is 4.90 Å². The summed E-state index contributed by atoms with van der Waals surface area (Å²) in [6, 6.07) is -0.485. The SMILES string of the molecule is CCCCCCC(=O)N1CC(=O)NC(=O)C1CC. The Bertz CT molecular complexity index is 328. The van der Waals surface area contributed by atoms with Gasteiger partial charge in [-0.15, -0.1) is 0 Å². The molecule has 102 valence electrons. The summed E-state index contributed by atoms with van der Waals surface area (Å²) in [5.74, 6) is -0.816. The van der Waals surface area contributed by atoms with Gasteiger partial charge >= 0.3 is 0 Å². The van der Waals surface area contributed by atoms with Crippen LogP contribution in [0, 0.1) is 0 Å². The molecule has 0 radical (unpaired) electrons. The van der Waals surface area contributed by atoms with Gasteiger partial charge in [-0.05, 0) is 12.8 Å². The highest BCUT2D eigenvalue weighted by molar-refractivity contribution is 6.04. The molecule has 1 aliphatic heterocycles. The van der Waals surface area contributed by atoms with Crippen LogP contribution in [0.3, 0.4) is 0 Å². The van der Waals surface area contributed by atoms with Crippen molar-refractivity contribution in [3.8, 4) is 0 Å².